The van der Waals surface area contributed by atoms with E-state index in [9.17, 15) is 0 Å². The molecule has 1 aliphatic carbocycles. The van der Waals surface area contributed by atoms with Crippen LogP contribution >= 0.6 is 0 Å². The summed E-state index contributed by atoms with van der Waals surface area (Å²) in [7, 11) is 0. The van der Waals surface area contributed by atoms with Crippen LogP contribution in [0.3, 0.4) is 0 Å². The molecule has 2 aliphatic rings. The highest BCUT2D eigenvalue weighted by molar-refractivity contribution is 5.06. The zero-order valence-electron chi connectivity index (χ0n) is 14.2. The van der Waals surface area contributed by atoms with Crippen LogP contribution in [0.2, 0.25) is 0 Å². The summed E-state index contributed by atoms with van der Waals surface area (Å²) < 4.78 is 13.1. The first kappa shape index (κ1) is 16.9. The van der Waals surface area contributed by atoms with Crippen LogP contribution < -0.4 is 5.73 Å². The third-order valence-corrected chi connectivity index (χ3v) is 5.09. The van der Waals surface area contributed by atoms with Gasteiger partial charge in [-0.1, -0.05) is 0 Å². The Bertz CT molecular complexity index is 477. The highest BCUT2D eigenvalue weighted by Crippen LogP contribution is 2.33. The number of hydrogen-bond acceptors (Lipinski definition) is 5. The van der Waals surface area contributed by atoms with Gasteiger partial charge in [0.2, 0.25) is 0 Å². The van der Waals surface area contributed by atoms with E-state index in [-0.39, 0.29) is 0 Å². The Morgan fingerprint density at radius 2 is 1.87 bits per heavy atom. The first-order valence-electron chi connectivity index (χ1n) is 9.13. The van der Waals surface area contributed by atoms with Crippen molar-refractivity contribution in [3.05, 3.63) is 11.6 Å². The quantitative estimate of drug-likeness (QED) is 0.813. The molecule has 0 radical (unpaired) electrons. The molecule has 1 saturated carbocycles. The summed E-state index contributed by atoms with van der Waals surface area (Å²) in [4.78, 5) is 4.96. The van der Waals surface area contributed by atoms with Gasteiger partial charge in [-0.15, -0.1) is 0 Å². The van der Waals surface area contributed by atoms with Crippen LogP contribution in [0, 0.1) is 0 Å². The maximum absolute atomic E-state index is 6.06. The van der Waals surface area contributed by atoms with Gasteiger partial charge < -0.3 is 15.2 Å². The summed E-state index contributed by atoms with van der Waals surface area (Å²) in [6, 6.07) is 0.362. The van der Waals surface area contributed by atoms with Crippen LogP contribution in [0.15, 0.2) is 0 Å². The molecule has 2 fully saturated rings. The van der Waals surface area contributed by atoms with Crippen LogP contribution in [0.5, 0.6) is 0 Å². The van der Waals surface area contributed by atoms with Crippen molar-refractivity contribution in [1.82, 2.24) is 14.8 Å². The predicted molar refractivity (Wildman–Crippen MR) is 88.5 cm³/mol. The molecule has 0 spiro atoms. The van der Waals surface area contributed by atoms with Crippen LogP contribution in [0.1, 0.15) is 68.9 Å². The summed E-state index contributed by atoms with van der Waals surface area (Å²) in [5.41, 5.74) is 6.06. The van der Waals surface area contributed by atoms with E-state index in [1.165, 1.54) is 0 Å². The number of nitrogens with two attached hydrogens (primary N) is 1. The van der Waals surface area contributed by atoms with Crippen LogP contribution in [0.4, 0.5) is 0 Å². The standard InChI is InChI=1S/C17H30N4O2/c1-2-22-12-9-21-17(14-3-5-15(18)6-4-14)19-16(20-21)13-7-10-23-11-8-13/h13-15H,2-12,18H2,1H3. The molecular weight excluding hydrogens is 292 g/mol. The van der Waals surface area contributed by atoms with E-state index in [4.69, 9.17) is 25.3 Å². The Balaban J connectivity index is 1.75. The van der Waals surface area contributed by atoms with Crippen molar-refractivity contribution < 1.29 is 9.47 Å². The molecule has 23 heavy (non-hydrogen) atoms. The van der Waals surface area contributed by atoms with Gasteiger partial charge >= 0.3 is 0 Å². The zero-order valence-corrected chi connectivity index (χ0v) is 14.2. The Kier molecular flexibility index (Phi) is 6.02. The third-order valence-electron chi connectivity index (χ3n) is 5.09. The van der Waals surface area contributed by atoms with Crippen LogP contribution in [-0.2, 0) is 16.0 Å². The highest BCUT2D eigenvalue weighted by Gasteiger charge is 2.28. The summed E-state index contributed by atoms with van der Waals surface area (Å²) >= 11 is 0. The van der Waals surface area contributed by atoms with Crippen molar-refractivity contribution in [2.75, 3.05) is 26.4 Å². The molecule has 130 valence electrons. The number of hydrogen-bond donors (Lipinski definition) is 1. The van der Waals surface area contributed by atoms with Crippen molar-refractivity contribution in [3.63, 3.8) is 0 Å². The minimum Gasteiger partial charge on any atom is -0.381 e. The fourth-order valence-electron chi connectivity index (χ4n) is 3.64. The molecule has 1 aromatic rings. The van der Waals surface area contributed by atoms with E-state index >= 15 is 0 Å². The maximum atomic E-state index is 6.06. The highest BCUT2D eigenvalue weighted by atomic mass is 16.5. The van der Waals surface area contributed by atoms with Crippen LogP contribution in [-0.4, -0.2) is 47.2 Å². The van der Waals surface area contributed by atoms with Crippen molar-refractivity contribution in [2.45, 2.75) is 69.9 Å². The smallest absolute Gasteiger partial charge is 0.154 e. The lowest BCUT2D eigenvalue weighted by atomic mass is 9.86. The topological polar surface area (TPSA) is 75.2 Å². The molecule has 0 aromatic carbocycles. The summed E-state index contributed by atoms with van der Waals surface area (Å²) in [5, 5.41) is 4.84. The Hall–Kier alpha value is -0.980. The van der Waals surface area contributed by atoms with E-state index in [1.54, 1.807) is 0 Å². The lowest BCUT2D eigenvalue weighted by molar-refractivity contribution is 0.0834. The second kappa shape index (κ2) is 8.22. The predicted octanol–water partition coefficient (Wildman–Crippen LogP) is 2.19. The molecule has 3 rings (SSSR count). The van der Waals surface area contributed by atoms with E-state index in [0.29, 0.717) is 24.5 Å². The molecule has 6 nitrogen and oxygen atoms in total. The molecular formula is C17H30N4O2. The summed E-state index contributed by atoms with van der Waals surface area (Å²) in [6.07, 6.45) is 6.50. The van der Waals surface area contributed by atoms with Gasteiger partial charge in [0.05, 0.1) is 13.2 Å². The van der Waals surface area contributed by atoms with Gasteiger partial charge in [0, 0.05) is 37.7 Å². The molecule has 1 aromatic heterocycles. The first-order valence-corrected chi connectivity index (χ1v) is 9.13. The van der Waals surface area contributed by atoms with Gasteiger partial charge in [0.15, 0.2) is 5.82 Å². The molecule has 1 aliphatic heterocycles. The van der Waals surface area contributed by atoms with Crippen LogP contribution in [0.25, 0.3) is 0 Å². The third kappa shape index (κ3) is 4.31. The van der Waals surface area contributed by atoms with Gasteiger partial charge in [0.1, 0.15) is 5.82 Å². The Labute approximate surface area is 138 Å². The maximum Gasteiger partial charge on any atom is 0.154 e. The fourth-order valence-corrected chi connectivity index (χ4v) is 3.64. The van der Waals surface area contributed by atoms with Crippen molar-refractivity contribution in [2.24, 2.45) is 5.73 Å². The van der Waals surface area contributed by atoms with Gasteiger partial charge in [-0.2, -0.15) is 5.10 Å². The van der Waals surface area contributed by atoms with E-state index in [2.05, 4.69) is 4.68 Å². The molecule has 1 saturated heterocycles. The van der Waals surface area contributed by atoms with Gasteiger partial charge in [-0.05, 0) is 45.4 Å². The van der Waals surface area contributed by atoms with E-state index in [1.807, 2.05) is 6.92 Å². The first-order chi connectivity index (χ1) is 11.3. The van der Waals surface area contributed by atoms with Crippen molar-refractivity contribution in [1.29, 1.82) is 0 Å². The van der Waals surface area contributed by atoms with E-state index < -0.39 is 0 Å². The lowest BCUT2D eigenvalue weighted by Gasteiger charge is -2.25. The monoisotopic (exact) mass is 322 g/mol. The molecule has 2 heterocycles. The summed E-state index contributed by atoms with van der Waals surface area (Å²) in [6.45, 7) is 5.92. The minimum atomic E-state index is 0.362. The number of nitrogens with zero attached hydrogens (tertiary/aromatic N) is 3. The van der Waals surface area contributed by atoms with Crippen molar-refractivity contribution in [3.8, 4) is 0 Å². The molecule has 2 N–H and O–H groups in total. The second-order valence-electron chi connectivity index (χ2n) is 6.75. The van der Waals surface area contributed by atoms with Gasteiger partial charge in [-0.3, -0.25) is 0 Å². The average molecular weight is 322 g/mol. The minimum absolute atomic E-state index is 0.362. The number of ether oxygens (including phenoxy) is 2. The molecule has 0 amide bonds. The molecule has 0 atom stereocenters. The SMILES string of the molecule is CCOCCn1nc(C2CCOCC2)nc1C1CCC(N)CC1. The largest absolute Gasteiger partial charge is 0.381 e. The van der Waals surface area contributed by atoms with E-state index in [0.717, 1.165) is 76.5 Å². The lowest BCUT2D eigenvalue weighted by Crippen LogP contribution is -2.27. The second-order valence-corrected chi connectivity index (χ2v) is 6.75. The number of rotatable bonds is 6. The average Bonchev–Trinajstić information content (AvgIpc) is 3.01. The van der Waals surface area contributed by atoms with Crippen molar-refractivity contribution >= 4 is 0 Å². The molecule has 0 unspecified atom stereocenters. The molecule has 6 heteroatoms. The Morgan fingerprint density at radius 3 is 2.57 bits per heavy atom. The summed E-state index contributed by atoms with van der Waals surface area (Å²) in [5.74, 6) is 3.10. The van der Waals surface area contributed by atoms with Gasteiger partial charge in [0.25, 0.3) is 0 Å². The number of aromatic nitrogens is 3. The Morgan fingerprint density at radius 1 is 1.13 bits per heavy atom. The molecule has 0 bridgehead atoms. The fraction of sp³-hybridized carbons (Fsp3) is 0.882. The zero-order chi connectivity index (χ0) is 16.1. The van der Waals surface area contributed by atoms with Gasteiger partial charge in [-0.25, -0.2) is 9.67 Å². The normalized spacial score (nSPS) is 26.5.